The molecule has 0 atom stereocenters. The van der Waals surface area contributed by atoms with Crippen LogP contribution < -0.4 is 0 Å². The molecule has 0 bridgehead atoms. The van der Waals surface area contributed by atoms with Gasteiger partial charge in [-0.2, -0.15) is 4.98 Å². The van der Waals surface area contributed by atoms with E-state index in [-0.39, 0.29) is 11.7 Å². The quantitative estimate of drug-likeness (QED) is 0.868. The van der Waals surface area contributed by atoms with Crippen LogP contribution in [0.25, 0.3) is 0 Å². The maximum atomic E-state index is 13.6. The summed E-state index contributed by atoms with van der Waals surface area (Å²) in [5.74, 6) is 1.29. The topological polar surface area (TPSA) is 42.2 Å². The molecule has 0 N–H and O–H groups in total. The fourth-order valence-electron chi connectivity index (χ4n) is 2.24. The Labute approximate surface area is 115 Å². The molecule has 1 aromatic carbocycles. The van der Waals surface area contributed by atoms with E-state index in [0.29, 0.717) is 28.8 Å². The Hall–Kier alpha value is -1.46. The molecule has 19 heavy (non-hydrogen) atoms. The van der Waals surface area contributed by atoms with Crippen molar-refractivity contribution >= 4 is 11.6 Å². The summed E-state index contributed by atoms with van der Waals surface area (Å²) in [5.41, 5.74) is 0.546. The Morgan fingerprint density at radius 2 is 2.26 bits per heavy atom. The Morgan fingerprint density at radius 3 is 2.89 bits per heavy atom. The average Bonchev–Trinajstić information content (AvgIpc) is 2.72. The molecular formula is C13H13ClFN3O. The SMILES string of the molecule is Cc1noc(C2CN(Cc3c(F)cccc3Cl)C2)n1. The number of aryl methyl sites for hydroxylation is 1. The van der Waals surface area contributed by atoms with E-state index in [1.54, 1.807) is 19.1 Å². The number of aromatic nitrogens is 2. The van der Waals surface area contributed by atoms with Gasteiger partial charge in [0.1, 0.15) is 5.82 Å². The van der Waals surface area contributed by atoms with Gasteiger partial charge in [0.15, 0.2) is 5.82 Å². The van der Waals surface area contributed by atoms with Gasteiger partial charge in [0.05, 0.1) is 5.92 Å². The predicted molar refractivity (Wildman–Crippen MR) is 68.5 cm³/mol. The van der Waals surface area contributed by atoms with Gasteiger partial charge in [-0.1, -0.05) is 22.8 Å². The standard InChI is InChI=1S/C13H13ClFN3O/c1-8-16-13(19-17-8)9-5-18(6-9)7-10-11(14)3-2-4-12(10)15/h2-4,9H,5-7H2,1H3. The van der Waals surface area contributed by atoms with Crippen molar-refractivity contribution in [2.24, 2.45) is 0 Å². The minimum absolute atomic E-state index is 0.242. The molecule has 6 heteroatoms. The minimum Gasteiger partial charge on any atom is -0.339 e. The monoisotopic (exact) mass is 281 g/mol. The van der Waals surface area contributed by atoms with E-state index < -0.39 is 0 Å². The highest BCUT2D eigenvalue weighted by molar-refractivity contribution is 6.31. The highest BCUT2D eigenvalue weighted by Gasteiger charge is 2.32. The molecular weight excluding hydrogens is 269 g/mol. The summed E-state index contributed by atoms with van der Waals surface area (Å²) in [4.78, 5) is 6.31. The molecule has 3 rings (SSSR count). The van der Waals surface area contributed by atoms with Crippen LogP contribution in [0.5, 0.6) is 0 Å². The van der Waals surface area contributed by atoms with Gasteiger partial charge < -0.3 is 4.52 Å². The van der Waals surface area contributed by atoms with Crippen molar-refractivity contribution in [3.63, 3.8) is 0 Å². The maximum absolute atomic E-state index is 13.6. The third kappa shape index (κ3) is 2.48. The van der Waals surface area contributed by atoms with Gasteiger partial charge in [-0.3, -0.25) is 4.90 Å². The van der Waals surface area contributed by atoms with Crippen molar-refractivity contribution in [3.8, 4) is 0 Å². The van der Waals surface area contributed by atoms with Crippen LogP contribution in [0.4, 0.5) is 4.39 Å². The van der Waals surface area contributed by atoms with Crippen LogP contribution in [0.15, 0.2) is 22.7 Å². The van der Waals surface area contributed by atoms with E-state index in [0.717, 1.165) is 13.1 Å². The molecule has 0 amide bonds. The zero-order valence-electron chi connectivity index (χ0n) is 10.4. The molecule has 1 aliphatic rings. The second-order valence-corrected chi connectivity index (χ2v) is 5.18. The summed E-state index contributed by atoms with van der Waals surface area (Å²) < 4.78 is 18.8. The molecule has 1 aliphatic heterocycles. The zero-order valence-corrected chi connectivity index (χ0v) is 11.2. The summed E-state index contributed by atoms with van der Waals surface area (Å²) in [6, 6.07) is 4.75. The molecule has 0 unspecified atom stereocenters. The predicted octanol–water partition coefficient (Wildman–Crippen LogP) is 2.77. The molecule has 0 saturated carbocycles. The molecule has 1 saturated heterocycles. The maximum Gasteiger partial charge on any atom is 0.232 e. The van der Waals surface area contributed by atoms with Crippen LogP contribution >= 0.6 is 11.6 Å². The molecule has 1 aromatic heterocycles. The van der Waals surface area contributed by atoms with Crippen LogP contribution in [-0.2, 0) is 6.54 Å². The Morgan fingerprint density at radius 1 is 1.47 bits per heavy atom. The third-order valence-electron chi connectivity index (χ3n) is 3.29. The van der Waals surface area contributed by atoms with Gasteiger partial charge in [0, 0.05) is 30.2 Å². The number of nitrogens with zero attached hydrogens (tertiary/aromatic N) is 3. The molecule has 1 fully saturated rings. The van der Waals surface area contributed by atoms with Gasteiger partial charge in [0.2, 0.25) is 5.89 Å². The molecule has 0 spiro atoms. The first-order chi connectivity index (χ1) is 9.13. The van der Waals surface area contributed by atoms with Gasteiger partial charge in [-0.25, -0.2) is 4.39 Å². The number of benzene rings is 1. The lowest BCUT2D eigenvalue weighted by molar-refractivity contribution is 0.116. The van der Waals surface area contributed by atoms with Crippen LogP contribution in [0, 0.1) is 12.7 Å². The smallest absolute Gasteiger partial charge is 0.232 e. The molecule has 2 aromatic rings. The lowest BCUT2D eigenvalue weighted by atomic mass is 9.99. The van der Waals surface area contributed by atoms with E-state index in [1.165, 1.54) is 6.07 Å². The second-order valence-electron chi connectivity index (χ2n) is 4.77. The molecule has 0 aliphatic carbocycles. The van der Waals surface area contributed by atoms with Crippen molar-refractivity contribution in [1.82, 2.24) is 15.0 Å². The van der Waals surface area contributed by atoms with E-state index in [9.17, 15) is 4.39 Å². The molecule has 100 valence electrons. The lowest BCUT2D eigenvalue weighted by Gasteiger charge is -2.37. The Balaban J connectivity index is 1.63. The normalized spacial score (nSPS) is 16.6. The van der Waals surface area contributed by atoms with E-state index in [2.05, 4.69) is 15.0 Å². The van der Waals surface area contributed by atoms with Gasteiger partial charge >= 0.3 is 0 Å². The lowest BCUT2D eigenvalue weighted by Crippen LogP contribution is -2.44. The Kier molecular flexibility index (Phi) is 3.24. The van der Waals surface area contributed by atoms with E-state index in [4.69, 9.17) is 16.1 Å². The summed E-state index contributed by atoms with van der Waals surface area (Å²) >= 11 is 6.00. The largest absolute Gasteiger partial charge is 0.339 e. The number of halogens is 2. The Bertz CT molecular complexity index is 575. The second kappa shape index (κ2) is 4.90. The summed E-state index contributed by atoms with van der Waals surface area (Å²) in [7, 11) is 0. The van der Waals surface area contributed by atoms with Crippen molar-refractivity contribution < 1.29 is 8.91 Å². The van der Waals surface area contributed by atoms with E-state index in [1.807, 2.05) is 0 Å². The summed E-state index contributed by atoms with van der Waals surface area (Å²) in [5, 5.41) is 4.24. The van der Waals surface area contributed by atoms with E-state index >= 15 is 0 Å². The summed E-state index contributed by atoms with van der Waals surface area (Å²) in [6.45, 7) is 3.87. The van der Waals surface area contributed by atoms with Gasteiger partial charge in [-0.05, 0) is 19.1 Å². The van der Waals surface area contributed by atoms with Crippen molar-refractivity contribution in [1.29, 1.82) is 0 Å². The molecule has 0 radical (unpaired) electrons. The summed E-state index contributed by atoms with van der Waals surface area (Å²) in [6.07, 6.45) is 0. The number of rotatable bonds is 3. The van der Waals surface area contributed by atoms with Crippen molar-refractivity contribution in [2.45, 2.75) is 19.4 Å². The first-order valence-corrected chi connectivity index (χ1v) is 6.46. The third-order valence-corrected chi connectivity index (χ3v) is 3.65. The van der Waals surface area contributed by atoms with Crippen molar-refractivity contribution in [2.75, 3.05) is 13.1 Å². The van der Waals surface area contributed by atoms with Crippen LogP contribution in [0.2, 0.25) is 5.02 Å². The highest BCUT2D eigenvalue weighted by Crippen LogP contribution is 2.29. The minimum atomic E-state index is -0.260. The molecule has 4 nitrogen and oxygen atoms in total. The van der Waals surface area contributed by atoms with Crippen LogP contribution in [0.3, 0.4) is 0 Å². The van der Waals surface area contributed by atoms with Crippen LogP contribution in [0.1, 0.15) is 23.2 Å². The average molecular weight is 282 g/mol. The number of likely N-dealkylation sites (tertiary alicyclic amines) is 1. The van der Waals surface area contributed by atoms with Gasteiger partial charge in [0.25, 0.3) is 0 Å². The zero-order chi connectivity index (χ0) is 13.4. The first kappa shape index (κ1) is 12.6. The highest BCUT2D eigenvalue weighted by atomic mass is 35.5. The number of hydrogen-bond acceptors (Lipinski definition) is 4. The van der Waals surface area contributed by atoms with Crippen molar-refractivity contribution in [3.05, 3.63) is 46.3 Å². The van der Waals surface area contributed by atoms with Crippen LogP contribution in [-0.4, -0.2) is 28.1 Å². The van der Waals surface area contributed by atoms with Gasteiger partial charge in [-0.15, -0.1) is 0 Å². The first-order valence-electron chi connectivity index (χ1n) is 6.09. The number of hydrogen-bond donors (Lipinski definition) is 0. The molecule has 2 heterocycles. The fourth-order valence-corrected chi connectivity index (χ4v) is 2.46. The fraction of sp³-hybridized carbons (Fsp3) is 0.385.